The highest BCUT2D eigenvalue weighted by atomic mass is 32.1. The normalized spacial score (nSPS) is 12.3. The second-order valence-corrected chi connectivity index (χ2v) is 8.07. The molecule has 0 saturated carbocycles. The standard InChI is InChI=1S/C22H25NO4S/c1-4-6-15-11-21(25)27-18-12-16(8-9-17(15)18)26-13-20(24)23-22(14(2)3)19-7-5-10-28-19/h5,7-12,14,22H,4,6,13H2,1-3H3,(H,23,24). The van der Waals surface area contributed by atoms with Gasteiger partial charge in [0.15, 0.2) is 6.61 Å². The van der Waals surface area contributed by atoms with Gasteiger partial charge in [0, 0.05) is 22.4 Å². The molecule has 1 atom stereocenters. The van der Waals surface area contributed by atoms with Gasteiger partial charge in [-0.1, -0.05) is 33.3 Å². The van der Waals surface area contributed by atoms with Gasteiger partial charge >= 0.3 is 5.63 Å². The molecule has 5 nitrogen and oxygen atoms in total. The third-order valence-electron chi connectivity index (χ3n) is 4.52. The summed E-state index contributed by atoms with van der Waals surface area (Å²) < 4.78 is 10.9. The smallest absolute Gasteiger partial charge is 0.336 e. The van der Waals surface area contributed by atoms with E-state index in [1.807, 2.05) is 23.6 Å². The lowest BCUT2D eigenvalue weighted by molar-refractivity contribution is -0.124. The Kier molecular flexibility index (Phi) is 6.52. The molecule has 28 heavy (non-hydrogen) atoms. The van der Waals surface area contributed by atoms with E-state index in [4.69, 9.17) is 9.15 Å². The summed E-state index contributed by atoms with van der Waals surface area (Å²) in [7, 11) is 0. The molecular formula is C22H25NO4S. The zero-order valence-electron chi connectivity index (χ0n) is 16.4. The molecule has 148 valence electrons. The van der Waals surface area contributed by atoms with Crippen LogP contribution >= 0.6 is 11.3 Å². The van der Waals surface area contributed by atoms with Crippen LogP contribution < -0.4 is 15.7 Å². The van der Waals surface area contributed by atoms with Crippen LogP contribution in [0.3, 0.4) is 0 Å². The molecule has 3 aromatic rings. The molecular weight excluding hydrogens is 374 g/mol. The minimum atomic E-state index is -0.374. The number of rotatable bonds is 8. The number of carbonyl (C=O) groups excluding carboxylic acids is 1. The zero-order valence-corrected chi connectivity index (χ0v) is 17.2. The van der Waals surface area contributed by atoms with E-state index in [9.17, 15) is 9.59 Å². The van der Waals surface area contributed by atoms with Crippen LogP contribution in [-0.4, -0.2) is 12.5 Å². The van der Waals surface area contributed by atoms with E-state index < -0.39 is 0 Å². The van der Waals surface area contributed by atoms with Crippen LogP contribution in [0.1, 0.15) is 43.7 Å². The summed E-state index contributed by atoms with van der Waals surface area (Å²) >= 11 is 1.63. The van der Waals surface area contributed by atoms with Crippen molar-refractivity contribution in [3.63, 3.8) is 0 Å². The third-order valence-corrected chi connectivity index (χ3v) is 5.48. The van der Waals surface area contributed by atoms with Crippen molar-refractivity contribution >= 4 is 28.2 Å². The fraction of sp³-hybridized carbons (Fsp3) is 0.364. The number of hydrogen-bond acceptors (Lipinski definition) is 5. The van der Waals surface area contributed by atoms with Gasteiger partial charge in [-0.15, -0.1) is 11.3 Å². The maximum Gasteiger partial charge on any atom is 0.336 e. The van der Waals surface area contributed by atoms with Crippen LogP contribution in [0.4, 0.5) is 0 Å². The molecule has 0 saturated heterocycles. The highest BCUT2D eigenvalue weighted by molar-refractivity contribution is 7.10. The van der Waals surface area contributed by atoms with Crippen molar-refractivity contribution in [1.29, 1.82) is 0 Å². The van der Waals surface area contributed by atoms with Gasteiger partial charge in [0.2, 0.25) is 0 Å². The lowest BCUT2D eigenvalue weighted by Gasteiger charge is -2.21. The van der Waals surface area contributed by atoms with Crippen LogP contribution in [0.2, 0.25) is 0 Å². The first-order valence-corrected chi connectivity index (χ1v) is 10.4. The van der Waals surface area contributed by atoms with E-state index in [1.165, 1.54) is 6.07 Å². The fourth-order valence-corrected chi connectivity index (χ4v) is 4.12. The summed E-state index contributed by atoms with van der Waals surface area (Å²) in [6.07, 6.45) is 1.75. The van der Waals surface area contributed by atoms with Gasteiger partial charge < -0.3 is 14.5 Å². The van der Waals surface area contributed by atoms with Crippen LogP contribution in [0.15, 0.2) is 51.0 Å². The van der Waals surface area contributed by atoms with Crippen LogP contribution in [0.5, 0.6) is 5.75 Å². The number of ether oxygens (including phenoxy) is 1. The van der Waals surface area contributed by atoms with Crippen molar-refractivity contribution in [3.05, 3.63) is 62.6 Å². The second-order valence-electron chi connectivity index (χ2n) is 7.09. The monoisotopic (exact) mass is 399 g/mol. The Balaban J connectivity index is 1.69. The molecule has 0 fully saturated rings. The highest BCUT2D eigenvalue weighted by Crippen LogP contribution is 2.26. The van der Waals surface area contributed by atoms with E-state index in [1.54, 1.807) is 23.5 Å². The maximum absolute atomic E-state index is 12.4. The number of benzene rings is 1. The average molecular weight is 400 g/mol. The average Bonchev–Trinajstić information content (AvgIpc) is 3.18. The predicted octanol–water partition coefficient (Wildman–Crippen LogP) is 4.70. The largest absolute Gasteiger partial charge is 0.484 e. The quantitative estimate of drug-likeness (QED) is 0.558. The third kappa shape index (κ3) is 4.81. The molecule has 0 radical (unpaired) electrons. The van der Waals surface area contributed by atoms with Crippen molar-refractivity contribution in [2.45, 2.75) is 39.7 Å². The minimum Gasteiger partial charge on any atom is -0.484 e. The minimum absolute atomic E-state index is 0.0395. The van der Waals surface area contributed by atoms with Gasteiger partial charge in [0.05, 0.1) is 6.04 Å². The molecule has 0 aliphatic rings. The summed E-state index contributed by atoms with van der Waals surface area (Å²) in [5.41, 5.74) is 1.07. The van der Waals surface area contributed by atoms with Crippen molar-refractivity contribution < 1.29 is 13.9 Å². The van der Waals surface area contributed by atoms with Gasteiger partial charge in [0.1, 0.15) is 11.3 Å². The predicted molar refractivity (Wildman–Crippen MR) is 112 cm³/mol. The molecule has 1 N–H and O–H groups in total. The summed E-state index contributed by atoms with van der Waals surface area (Å²) in [6, 6.07) is 10.8. The number of fused-ring (bicyclic) bond motifs is 1. The first kappa shape index (κ1) is 20.1. The second kappa shape index (κ2) is 9.06. The van der Waals surface area contributed by atoms with E-state index in [2.05, 4.69) is 26.1 Å². The Morgan fingerprint density at radius 3 is 2.75 bits per heavy atom. The van der Waals surface area contributed by atoms with Gasteiger partial charge in [0.25, 0.3) is 5.91 Å². The first-order chi connectivity index (χ1) is 13.5. The maximum atomic E-state index is 12.4. The Hall–Kier alpha value is -2.60. The van der Waals surface area contributed by atoms with Gasteiger partial charge in [-0.05, 0) is 41.5 Å². The van der Waals surface area contributed by atoms with Crippen LogP contribution in [-0.2, 0) is 11.2 Å². The molecule has 1 unspecified atom stereocenters. The summed E-state index contributed by atoms with van der Waals surface area (Å²) in [4.78, 5) is 25.3. The molecule has 3 rings (SSSR count). The topological polar surface area (TPSA) is 68.5 Å². The number of amides is 1. The van der Waals surface area contributed by atoms with E-state index in [0.717, 1.165) is 28.7 Å². The summed E-state index contributed by atoms with van der Waals surface area (Å²) in [6.45, 7) is 6.12. The van der Waals surface area contributed by atoms with Crippen molar-refractivity contribution in [2.75, 3.05) is 6.61 Å². The van der Waals surface area contributed by atoms with Crippen molar-refractivity contribution in [3.8, 4) is 5.75 Å². The molecule has 1 aromatic carbocycles. The van der Waals surface area contributed by atoms with Crippen molar-refractivity contribution in [2.24, 2.45) is 5.92 Å². The fourth-order valence-electron chi connectivity index (χ4n) is 3.17. The van der Waals surface area contributed by atoms with Crippen LogP contribution in [0, 0.1) is 5.92 Å². The molecule has 0 aliphatic heterocycles. The Labute approximate surface area is 168 Å². The number of thiophene rings is 1. The molecule has 6 heteroatoms. The Morgan fingerprint density at radius 2 is 2.07 bits per heavy atom. The number of carbonyl (C=O) groups is 1. The first-order valence-electron chi connectivity index (χ1n) is 9.50. The van der Waals surface area contributed by atoms with Crippen molar-refractivity contribution in [1.82, 2.24) is 5.32 Å². The summed E-state index contributed by atoms with van der Waals surface area (Å²) in [5, 5.41) is 5.94. The van der Waals surface area contributed by atoms with E-state index in [-0.39, 0.29) is 30.1 Å². The molecule has 0 spiro atoms. The zero-order chi connectivity index (χ0) is 20.1. The molecule has 2 aromatic heterocycles. The SMILES string of the molecule is CCCc1cc(=O)oc2cc(OCC(=O)NC(c3cccs3)C(C)C)ccc12. The number of aryl methyl sites for hydroxylation is 1. The Bertz CT molecular complexity index is 991. The lowest BCUT2D eigenvalue weighted by atomic mass is 10.0. The van der Waals surface area contributed by atoms with E-state index in [0.29, 0.717) is 11.3 Å². The van der Waals surface area contributed by atoms with Gasteiger partial charge in [-0.25, -0.2) is 4.79 Å². The molecule has 2 heterocycles. The summed E-state index contributed by atoms with van der Waals surface area (Å²) in [5.74, 6) is 0.583. The van der Waals surface area contributed by atoms with Gasteiger partial charge in [-0.2, -0.15) is 0 Å². The number of nitrogens with one attached hydrogen (secondary N) is 1. The van der Waals surface area contributed by atoms with E-state index >= 15 is 0 Å². The highest BCUT2D eigenvalue weighted by Gasteiger charge is 2.19. The lowest BCUT2D eigenvalue weighted by Crippen LogP contribution is -2.34. The molecule has 0 aliphatic carbocycles. The Morgan fingerprint density at radius 1 is 1.25 bits per heavy atom. The molecule has 1 amide bonds. The number of hydrogen-bond donors (Lipinski definition) is 1. The van der Waals surface area contributed by atoms with Crippen LogP contribution in [0.25, 0.3) is 11.0 Å². The molecule has 0 bridgehead atoms. The van der Waals surface area contributed by atoms with Gasteiger partial charge in [-0.3, -0.25) is 4.79 Å².